The number of hydrogen-bond acceptors (Lipinski definition) is 2. The van der Waals surface area contributed by atoms with Gasteiger partial charge in [0.05, 0.1) is 6.04 Å². The van der Waals surface area contributed by atoms with Crippen LogP contribution in [-0.2, 0) is 17.8 Å². The van der Waals surface area contributed by atoms with Crippen molar-refractivity contribution in [2.75, 3.05) is 0 Å². The van der Waals surface area contributed by atoms with Gasteiger partial charge < -0.3 is 10.1 Å². The van der Waals surface area contributed by atoms with Gasteiger partial charge in [0.15, 0.2) is 0 Å². The van der Waals surface area contributed by atoms with Gasteiger partial charge in [0.1, 0.15) is 12.4 Å². The maximum absolute atomic E-state index is 6.02. The Labute approximate surface area is 132 Å². The molecule has 0 unspecified atom stereocenters. The third-order valence-corrected chi connectivity index (χ3v) is 3.83. The largest absolute Gasteiger partial charge is 0.491 e. The zero-order valence-corrected chi connectivity index (χ0v) is 12.9. The highest BCUT2D eigenvalue weighted by atomic mass is 16.5. The first-order valence-corrected chi connectivity index (χ1v) is 7.60. The molecule has 2 aromatic rings. The molecule has 0 spiro atoms. The fourth-order valence-corrected chi connectivity index (χ4v) is 2.60. The van der Waals surface area contributed by atoms with Crippen LogP contribution in [0.3, 0.4) is 0 Å². The van der Waals surface area contributed by atoms with E-state index in [1.807, 2.05) is 12.1 Å². The van der Waals surface area contributed by atoms with E-state index in [0.29, 0.717) is 6.61 Å². The van der Waals surface area contributed by atoms with Gasteiger partial charge in [-0.25, -0.2) is 0 Å². The Morgan fingerprint density at radius 2 is 1.73 bits per heavy atom. The summed E-state index contributed by atoms with van der Waals surface area (Å²) in [5.74, 6) is 0.967. The lowest BCUT2D eigenvalue weighted by atomic mass is 10.1. The Kier molecular flexibility index (Phi) is 4.29. The van der Waals surface area contributed by atoms with Crippen molar-refractivity contribution in [2.24, 2.45) is 0 Å². The third-order valence-electron chi connectivity index (χ3n) is 3.83. The zero-order valence-electron chi connectivity index (χ0n) is 12.9. The summed E-state index contributed by atoms with van der Waals surface area (Å²) in [5, 5.41) is 3.39. The maximum Gasteiger partial charge on any atom is 0.121 e. The monoisotopic (exact) mass is 291 g/mol. The minimum absolute atomic E-state index is 0.167. The van der Waals surface area contributed by atoms with Crippen LogP contribution >= 0.6 is 0 Å². The third kappa shape index (κ3) is 3.59. The average Bonchev–Trinajstić information content (AvgIpc) is 2.87. The van der Waals surface area contributed by atoms with Crippen LogP contribution in [0.4, 0.5) is 0 Å². The highest BCUT2D eigenvalue weighted by Crippen LogP contribution is 2.21. The molecule has 0 aliphatic carbocycles. The summed E-state index contributed by atoms with van der Waals surface area (Å²) in [6.45, 7) is 6.68. The minimum Gasteiger partial charge on any atom is -0.491 e. The molecule has 2 aromatic carbocycles. The molecule has 0 bridgehead atoms. The highest BCUT2D eigenvalue weighted by molar-refractivity contribution is 5.31. The first-order chi connectivity index (χ1) is 10.7. The van der Waals surface area contributed by atoms with Crippen LogP contribution < -0.4 is 5.32 Å². The lowest BCUT2D eigenvalue weighted by Gasteiger charge is -2.17. The van der Waals surface area contributed by atoms with Gasteiger partial charge in [0, 0.05) is 11.8 Å². The normalized spacial score (nSPS) is 17.0. The van der Waals surface area contributed by atoms with Crippen LogP contribution in [0.25, 0.3) is 0 Å². The lowest BCUT2D eigenvalue weighted by Crippen LogP contribution is -2.27. The van der Waals surface area contributed by atoms with Gasteiger partial charge >= 0.3 is 0 Å². The van der Waals surface area contributed by atoms with Gasteiger partial charge in [-0.1, -0.05) is 66.7 Å². The SMILES string of the molecule is C=C1C=C(OCc2ccc(C)cc2)[C@H](Cc2ccccc2)N1. The quantitative estimate of drug-likeness (QED) is 0.894. The van der Waals surface area contributed by atoms with Crippen LogP contribution in [0.2, 0.25) is 0 Å². The number of ether oxygens (including phenoxy) is 1. The van der Waals surface area contributed by atoms with Gasteiger partial charge in [0.2, 0.25) is 0 Å². The van der Waals surface area contributed by atoms with E-state index in [-0.39, 0.29) is 6.04 Å². The Bertz CT molecular complexity index is 671. The van der Waals surface area contributed by atoms with Crippen LogP contribution in [0.5, 0.6) is 0 Å². The van der Waals surface area contributed by atoms with Crippen molar-refractivity contribution in [1.82, 2.24) is 5.32 Å². The summed E-state index contributed by atoms with van der Waals surface area (Å²) in [7, 11) is 0. The van der Waals surface area contributed by atoms with E-state index in [0.717, 1.165) is 17.9 Å². The Morgan fingerprint density at radius 3 is 2.45 bits per heavy atom. The van der Waals surface area contributed by atoms with E-state index < -0.39 is 0 Å². The molecule has 3 rings (SSSR count). The van der Waals surface area contributed by atoms with E-state index in [2.05, 4.69) is 67.4 Å². The van der Waals surface area contributed by atoms with E-state index in [1.54, 1.807) is 0 Å². The van der Waals surface area contributed by atoms with Gasteiger partial charge in [-0.15, -0.1) is 0 Å². The second-order valence-electron chi connectivity index (χ2n) is 5.73. The molecule has 0 radical (unpaired) electrons. The molecule has 1 heterocycles. The summed E-state index contributed by atoms with van der Waals surface area (Å²) < 4.78 is 6.02. The Balaban J connectivity index is 1.64. The average molecular weight is 291 g/mol. The lowest BCUT2D eigenvalue weighted by molar-refractivity contribution is 0.180. The molecule has 1 aliphatic heterocycles. The Hall–Kier alpha value is -2.48. The van der Waals surface area contributed by atoms with Gasteiger partial charge in [-0.05, 0) is 24.5 Å². The molecule has 0 aromatic heterocycles. The molecule has 0 fully saturated rings. The molecule has 112 valence electrons. The van der Waals surface area contributed by atoms with Crippen molar-refractivity contribution in [3.8, 4) is 0 Å². The van der Waals surface area contributed by atoms with Crippen LogP contribution in [0.1, 0.15) is 16.7 Å². The van der Waals surface area contributed by atoms with E-state index in [4.69, 9.17) is 4.74 Å². The summed E-state index contributed by atoms with van der Waals surface area (Å²) in [4.78, 5) is 0. The van der Waals surface area contributed by atoms with Crippen molar-refractivity contribution < 1.29 is 4.74 Å². The van der Waals surface area contributed by atoms with E-state index in [1.165, 1.54) is 16.7 Å². The first kappa shape index (κ1) is 14.5. The van der Waals surface area contributed by atoms with Crippen LogP contribution in [0.15, 0.2) is 78.7 Å². The second kappa shape index (κ2) is 6.52. The number of aryl methyl sites for hydroxylation is 1. The molecule has 0 amide bonds. The standard InChI is InChI=1S/C20H21NO/c1-15-8-10-18(11-9-15)14-22-20-12-16(2)21-19(20)13-17-6-4-3-5-7-17/h3-12,19,21H,2,13-14H2,1H3/t19-/m0/s1. The van der Waals surface area contributed by atoms with Crippen LogP contribution in [-0.4, -0.2) is 6.04 Å². The number of nitrogens with one attached hydrogen (secondary N) is 1. The highest BCUT2D eigenvalue weighted by Gasteiger charge is 2.22. The summed E-state index contributed by atoms with van der Waals surface area (Å²) in [5.41, 5.74) is 4.66. The van der Waals surface area contributed by atoms with Crippen molar-refractivity contribution in [3.05, 3.63) is 95.4 Å². The van der Waals surface area contributed by atoms with E-state index in [9.17, 15) is 0 Å². The maximum atomic E-state index is 6.02. The molecular weight excluding hydrogens is 270 g/mol. The summed E-state index contributed by atoms with van der Waals surface area (Å²) >= 11 is 0. The second-order valence-corrected chi connectivity index (χ2v) is 5.73. The molecule has 22 heavy (non-hydrogen) atoms. The molecule has 0 saturated heterocycles. The topological polar surface area (TPSA) is 21.3 Å². The molecule has 1 N–H and O–H groups in total. The number of benzene rings is 2. The predicted molar refractivity (Wildman–Crippen MR) is 90.3 cm³/mol. The van der Waals surface area contributed by atoms with Crippen molar-refractivity contribution in [3.63, 3.8) is 0 Å². The summed E-state index contributed by atoms with van der Waals surface area (Å²) in [6.07, 6.45) is 2.90. The first-order valence-electron chi connectivity index (χ1n) is 7.60. The molecule has 2 heteroatoms. The number of hydrogen-bond donors (Lipinski definition) is 1. The van der Waals surface area contributed by atoms with Gasteiger partial charge in [-0.3, -0.25) is 0 Å². The van der Waals surface area contributed by atoms with Gasteiger partial charge in [-0.2, -0.15) is 0 Å². The fraction of sp³-hybridized carbons (Fsp3) is 0.200. The molecule has 0 saturated carbocycles. The summed E-state index contributed by atoms with van der Waals surface area (Å²) in [6, 6.07) is 19.1. The smallest absolute Gasteiger partial charge is 0.121 e. The number of allylic oxidation sites excluding steroid dienone is 1. The van der Waals surface area contributed by atoms with E-state index >= 15 is 0 Å². The Morgan fingerprint density at radius 1 is 1.00 bits per heavy atom. The minimum atomic E-state index is 0.167. The molecule has 1 aliphatic rings. The van der Waals surface area contributed by atoms with Crippen LogP contribution in [0, 0.1) is 6.92 Å². The molecule has 2 nitrogen and oxygen atoms in total. The fourth-order valence-electron chi connectivity index (χ4n) is 2.60. The number of rotatable bonds is 5. The van der Waals surface area contributed by atoms with Crippen molar-refractivity contribution in [2.45, 2.75) is 26.0 Å². The molecular formula is C20H21NO. The van der Waals surface area contributed by atoms with Crippen molar-refractivity contribution in [1.29, 1.82) is 0 Å². The van der Waals surface area contributed by atoms with Gasteiger partial charge in [0.25, 0.3) is 0 Å². The zero-order chi connectivity index (χ0) is 15.4. The van der Waals surface area contributed by atoms with Crippen molar-refractivity contribution >= 4 is 0 Å². The predicted octanol–water partition coefficient (Wildman–Crippen LogP) is 4.12. The molecule has 1 atom stereocenters.